The van der Waals surface area contributed by atoms with Gasteiger partial charge in [-0.05, 0) is 89.9 Å². The van der Waals surface area contributed by atoms with Crippen LogP contribution in [0.2, 0.25) is 0 Å². The molecule has 0 aliphatic carbocycles. The van der Waals surface area contributed by atoms with E-state index in [-0.39, 0.29) is 25.7 Å². The van der Waals surface area contributed by atoms with Crippen LogP contribution in [0.5, 0.6) is 0 Å². The quantitative estimate of drug-likeness (QED) is 0.0169. The first-order chi connectivity index (χ1) is 51.7. The van der Waals surface area contributed by atoms with E-state index < -0.39 is 97.5 Å². The van der Waals surface area contributed by atoms with Crippen LogP contribution >= 0.6 is 15.6 Å². The smallest absolute Gasteiger partial charge is 0.462 e. The Balaban J connectivity index is 5.36. The molecule has 0 aliphatic heterocycles. The highest BCUT2D eigenvalue weighted by atomic mass is 31.2. The van der Waals surface area contributed by atoms with Crippen molar-refractivity contribution in [2.45, 2.75) is 431 Å². The van der Waals surface area contributed by atoms with E-state index in [0.29, 0.717) is 32.1 Å². The van der Waals surface area contributed by atoms with E-state index in [1.165, 1.54) is 218 Å². The molecule has 0 rings (SSSR count). The number of allylic oxidation sites excluding steroid dienone is 10. The Morgan fingerprint density at radius 1 is 0.264 bits per heavy atom. The second-order valence-electron chi connectivity index (χ2n) is 29.5. The van der Waals surface area contributed by atoms with E-state index in [2.05, 4.69) is 76.3 Å². The molecule has 0 fully saturated rings. The van der Waals surface area contributed by atoms with Gasteiger partial charge in [0.25, 0.3) is 0 Å². The van der Waals surface area contributed by atoms with E-state index in [1.54, 1.807) is 0 Å². The van der Waals surface area contributed by atoms with Crippen LogP contribution < -0.4 is 0 Å². The van der Waals surface area contributed by atoms with Crippen LogP contribution in [0.1, 0.15) is 413 Å². The van der Waals surface area contributed by atoms with Crippen LogP contribution in [-0.4, -0.2) is 96.7 Å². The molecule has 17 nitrogen and oxygen atoms in total. The number of hydrogen-bond donors (Lipinski definition) is 3. The number of carbonyl (C=O) groups excluding carboxylic acids is 4. The Kier molecular flexibility index (Phi) is 77.4. The van der Waals surface area contributed by atoms with Gasteiger partial charge >= 0.3 is 39.5 Å². The summed E-state index contributed by atoms with van der Waals surface area (Å²) in [5.41, 5.74) is 0. The number of carbonyl (C=O) groups is 4. The first kappa shape index (κ1) is 103. The van der Waals surface area contributed by atoms with Crippen molar-refractivity contribution < 1.29 is 80.2 Å². The van der Waals surface area contributed by atoms with Gasteiger partial charge in [-0.3, -0.25) is 37.3 Å². The van der Waals surface area contributed by atoms with E-state index in [0.717, 1.165) is 109 Å². The molecule has 0 aliphatic rings. The molecule has 5 atom stereocenters. The van der Waals surface area contributed by atoms with Crippen LogP contribution in [0.4, 0.5) is 0 Å². The predicted molar refractivity (Wildman–Crippen MR) is 437 cm³/mol. The fraction of sp³-hybridized carbons (Fsp3) is 0.839. The number of aliphatic hydroxyl groups is 1. The van der Waals surface area contributed by atoms with E-state index in [1.807, 2.05) is 12.2 Å². The van der Waals surface area contributed by atoms with Crippen molar-refractivity contribution in [2.24, 2.45) is 0 Å². The van der Waals surface area contributed by atoms with Crippen molar-refractivity contribution in [3.63, 3.8) is 0 Å². The summed E-state index contributed by atoms with van der Waals surface area (Å²) in [7, 11) is -9.96. The highest BCUT2D eigenvalue weighted by Gasteiger charge is 2.30. The fourth-order valence-electron chi connectivity index (χ4n) is 12.3. The first-order valence-corrected chi connectivity index (χ1v) is 46.5. The maximum Gasteiger partial charge on any atom is 0.472 e. The van der Waals surface area contributed by atoms with Crippen LogP contribution in [0.15, 0.2) is 60.8 Å². The Morgan fingerprint density at radius 2 is 0.472 bits per heavy atom. The molecule has 2 unspecified atom stereocenters. The summed E-state index contributed by atoms with van der Waals surface area (Å²) in [6, 6.07) is 0. The summed E-state index contributed by atoms with van der Waals surface area (Å²) in [4.78, 5) is 73.2. The summed E-state index contributed by atoms with van der Waals surface area (Å²) < 4.78 is 68.8. The molecule has 0 spiro atoms. The molecule has 0 amide bonds. The first-order valence-electron chi connectivity index (χ1n) is 43.5. The van der Waals surface area contributed by atoms with Gasteiger partial charge in [0.2, 0.25) is 0 Å². The standard InChI is InChI=1S/C87H160O17P2/c1-5-9-13-17-21-25-29-33-37-40-44-47-51-55-59-63-67-71-84(89)97-77-82(103-86(91)73-69-65-61-57-53-49-43-36-32-28-24-20-16-12-8-4)79-101-105(93,94)99-75-81(88)76-100-106(95,96)102-80-83(104-87(92)74-70-66-62-58-54-50-46-42-39-35-31-27-23-19-15-11-7-3)78-98-85(90)72-68-64-60-56-52-48-45-41-38-34-30-26-22-18-14-10-6-2/h21,25,33,36-37,43-44,47,55,59,81-83,88H,5-20,22-24,26-32,34-35,38-42,45-46,48-54,56-58,60-80H2,1-4H3,(H,93,94)(H,95,96)/b25-21-,37-33-,43-36-,47-44-,59-55-/t81-,82-,83-/m1/s1. The van der Waals surface area contributed by atoms with Gasteiger partial charge in [-0.25, -0.2) is 9.13 Å². The number of aliphatic hydroxyl groups excluding tert-OH is 1. The Hall–Kier alpha value is -3.24. The predicted octanol–water partition coefficient (Wildman–Crippen LogP) is 25.8. The van der Waals surface area contributed by atoms with Crippen LogP contribution in [0.25, 0.3) is 0 Å². The average molecular weight is 1540 g/mol. The number of hydrogen-bond acceptors (Lipinski definition) is 15. The average Bonchev–Trinajstić information content (AvgIpc) is 0.901. The molecule has 620 valence electrons. The minimum absolute atomic E-state index is 0.0775. The van der Waals surface area contributed by atoms with Crippen molar-refractivity contribution in [1.29, 1.82) is 0 Å². The molecule has 0 radical (unpaired) electrons. The van der Waals surface area contributed by atoms with Crippen LogP contribution in [-0.2, 0) is 65.4 Å². The van der Waals surface area contributed by atoms with E-state index in [4.69, 9.17) is 37.0 Å². The van der Waals surface area contributed by atoms with Crippen molar-refractivity contribution in [1.82, 2.24) is 0 Å². The molecule has 0 heterocycles. The highest BCUT2D eigenvalue weighted by Crippen LogP contribution is 2.45. The van der Waals surface area contributed by atoms with Crippen molar-refractivity contribution in [3.8, 4) is 0 Å². The third-order valence-electron chi connectivity index (χ3n) is 19.0. The maximum absolute atomic E-state index is 13.1. The maximum atomic E-state index is 13.1. The highest BCUT2D eigenvalue weighted by molar-refractivity contribution is 7.47. The minimum Gasteiger partial charge on any atom is -0.462 e. The van der Waals surface area contributed by atoms with Crippen LogP contribution in [0, 0.1) is 0 Å². The second-order valence-corrected chi connectivity index (χ2v) is 32.4. The SMILES string of the molecule is CCCCC/C=C\C/C=C\C/C=C\C/C=C\CCCC(=O)OC[C@H](COP(=O)(O)OC[C@@H](O)COP(=O)(O)OC[C@@H](COC(=O)CCCCCCCCCCCCCCCCCCC)OC(=O)CCCCCCCCCCCCCCCCCCC)OC(=O)CCCCCCC/C=C\CCCCCCCC. The Bertz CT molecular complexity index is 2240. The van der Waals surface area contributed by atoms with Crippen molar-refractivity contribution in [3.05, 3.63) is 60.8 Å². The van der Waals surface area contributed by atoms with Crippen LogP contribution in [0.3, 0.4) is 0 Å². The molecular formula is C87H160O17P2. The monoisotopic (exact) mass is 1540 g/mol. The van der Waals surface area contributed by atoms with Gasteiger partial charge in [0.1, 0.15) is 19.3 Å². The molecule has 3 N–H and O–H groups in total. The molecular weight excluding hydrogens is 1380 g/mol. The minimum atomic E-state index is -4.99. The molecule has 106 heavy (non-hydrogen) atoms. The lowest BCUT2D eigenvalue weighted by Crippen LogP contribution is -2.30. The van der Waals surface area contributed by atoms with Gasteiger partial charge < -0.3 is 33.8 Å². The van der Waals surface area contributed by atoms with Gasteiger partial charge in [0.15, 0.2) is 12.2 Å². The third-order valence-corrected chi connectivity index (χ3v) is 20.9. The number of esters is 4. The summed E-state index contributed by atoms with van der Waals surface area (Å²) in [5.74, 6) is -2.20. The molecule has 0 aromatic carbocycles. The zero-order valence-electron chi connectivity index (χ0n) is 68.1. The number of phosphoric ester groups is 2. The molecule has 0 aromatic heterocycles. The van der Waals surface area contributed by atoms with Gasteiger partial charge in [-0.15, -0.1) is 0 Å². The Morgan fingerprint density at radius 3 is 0.774 bits per heavy atom. The van der Waals surface area contributed by atoms with Gasteiger partial charge in [-0.2, -0.15) is 0 Å². The molecule has 0 saturated heterocycles. The van der Waals surface area contributed by atoms with Gasteiger partial charge in [-0.1, -0.05) is 358 Å². The van der Waals surface area contributed by atoms with E-state index >= 15 is 0 Å². The normalized spacial score (nSPS) is 14.1. The third kappa shape index (κ3) is 78.9. The van der Waals surface area contributed by atoms with E-state index in [9.17, 15) is 43.2 Å². The number of rotatable bonds is 83. The van der Waals surface area contributed by atoms with Crippen molar-refractivity contribution in [2.75, 3.05) is 39.6 Å². The summed E-state index contributed by atoms with van der Waals surface area (Å²) in [5, 5.41) is 10.7. The largest absolute Gasteiger partial charge is 0.472 e. The lowest BCUT2D eigenvalue weighted by molar-refractivity contribution is -0.161. The topological polar surface area (TPSA) is 237 Å². The number of phosphoric acid groups is 2. The lowest BCUT2D eigenvalue weighted by atomic mass is 10.0. The Labute approximate surface area is 648 Å². The molecule has 0 bridgehead atoms. The summed E-state index contributed by atoms with van der Waals surface area (Å²) in [6.45, 7) is 4.89. The number of unbranched alkanes of at least 4 members (excludes halogenated alkanes) is 47. The van der Waals surface area contributed by atoms with Gasteiger partial charge in [0.05, 0.1) is 26.4 Å². The molecule has 19 heteroatoms. The zero-order chi connectivity index (χ0) is 77.4. The number of ether oxygens (including phenoxy) is 4. The zero-order valence-corrected chi connectivity index (χ0v) is 69.9. The molecule has 0 aromatic rings. The molecule has 0 saturated carbocycles. The summed E-state index contributed by atoms with van der Waals surface area (Å²) in [6.07, 6.45) is 81.9. The van der Waals surface area contributed by atoms with Gasteiger partial charge in [0, 0.05) is 25.7 Å². The summed E-state index contributed by atoms with van der Waals surface area (Å²) >= 11 is 0. The fourth-order valence-corrected chi connectivity index (χ4v) is 13.9. The lowest BCUT2D eigenvalue weighted by Gasteiger charge is -2.21. The van der Waals surface area contributed by atoms with Crippen molar-refractivity contribution >= 4 is 39.5 Å². The second kappa shape index (κ2) is 79.8.